The van der Waals surface area contributed by atoms with Gasteiger partial charge in [-0.1, -0.05) is 18.5 Å². The molecule has 0 radical (unpaired) electrons. The second-order valence-electron chi connectivity index (χ2n) is 11.6. The van der Waals surface area contributed by atoms with Crippen LogP contribution < -0.4 is 39.1 Å². The van der Waals surface area contributed by atoms with Gasteiger partial charge in [-0.25, -0.2) is 4.68 Å². The second-order valence-corrected chi connectivity index (χ2v) is 12.7. The van der Waals surface area contributed by atoms with Gasteiger partial charge in [0.05, 0.1) is 35.5 Å². The molecule has 50 heavy (non-hydrogen) atoms. The second kappa shape index (κ2) is 14.6. The molecule has 0 saturated heterocycles. The highest BCUT2D eigenvalue weighted by molar-refractivity contribution is 9.10. The molecule has 2 aromatic carbocycles. The molecule has 1 amide bonds. The van der Waals surface area contributed by atoms with Crippen LogP contribution in [0.15, 0.2) is 34.3 Å². The molecule has 3 aromatic rings. The zero-order valence-corrected chi connectivity index (χ0v) is 30.8. The summed E-state index contributed by atoms with van der Waals surface area (Å²) in [5.41, 5.74) is -1.87. The van der Waals surface area contributed by atoms with E-state index in [0.717, 1.165) is 0 Å². The van der Waals surface area contributed by atoms with E-state index in [2.05, 4.69) is 36.6 Å². The van der Waals surface area contributed by atoms with Crippen molar-refractivity contribution in [1.82, 2.24) is 20.1 Å². The predicted molar refractivity (Wildman–Crippen MR) is 184 cm³/mol. The van der Waals surface area contributed by atoms with Gasteiger partial charge in [-0.15, -0.1) is 5.10 Å². The van der Waals surface area contributed by atoms with E-state index in [0.29, 0.717) is 22.8 Å². The van der Waals surface area contributed by atoms with Crippen LogP contribution in [0.25, 0.3) is 0 Å². The van der Waals surface area contributed by atoms with E-state index in [1.807, 2.05) is 0 Å². The molecule has 17 heteroatoms. The van der Waals surface area contributed by atoms with Crippen LogP contribution in [0, 0.1) is 5.92 Å². The quantitative estimate of drug-likeness (QED) is 0.208. The molecular formula is C33H37BrClN5O10. The Labute approximate surface area is 301 Å². The Bertz CT molecular complexity index is 1860. The Morgan fingerprint density at radius 1 is 1.06 bits per heavy atom. The summed E-state index contributed by atoms with van der Waals surface area (Å²) in [7, 11) is 8.79. The molecule has 3 N–H and O–H groups in total. The normalized spacial score (nSPS) is 18.8. The largest absolute Gasteiger partial charge is 0.507 e. The summed E-state index contributed by atoms with van der Waals surface area (Å²) in [6.45, 7) is 2.11. The van der Waals surface area contributed by atoms with Gasteiger partial charge in [0.1, 0.15) is 22.1 Å². The van der Waals surface area contributed by atoms with Crippen molar-refractivity contribution in [3.63, 3.8) is 0 Å². The van der Waals surface area contributed by atoms with Crippen molar-refractivity contribution >= 4 is 51.0 Å². The average molecular weight is 779 g/mol. The predicted octanol–water partition coefficient (Wildman–Crippen LogP) is 4.41. The van der Waals surface area contributed by atoms with Gasteiger partial charge < -0.3 is 44.2 Å². The van der Waals surface area contributed by atoms with E-state index in [4.69, 9.17) is 40.0 Å². The van der Waals surface area contributed by atoms with E-state index in [1.165, 1.54) is 46.3 Å². The van der Waals surface area contributed by atoms with E-state index < -0.39 is 40.7 Å². The summed E-state index contributed by atoms with van der Waals surface area (Å²) in [5, 5.41) is 22.2. The molecule has 5 rings (SSSR count). The number of rotatable bonds is 13. The SMILES string of the molecule is COc1cc(OC)c2c(c1Cl)O[C@]1(C2=O)C(O)=C(C(CC(=O)NCCNc2nc(Br)nn2C)c2cc(OC)c(OC)c(OC)c2)C(=O)C[C@H]1C. The van der Waals surface area contributed by atoms with Crippen LogP contribution >= 0.6 is 27.5 Å². The Morgan fingerprint density at radius 3 is 2.26 bits per heavy atom. The molecule has 1 unspecified atom stereocenters. The molecule has 268 valence electrons. The average Bonchev–Trinajstić information content (AvgIpc) is 3.60. The van der Waals surface area contributed by atoms with Crippen molar-refractivity contribution in [2.24, 2.45) is 13.0 Å². The van der Waals surface area contributed by atoms with Crippen LogP contribution in [0.5, 0.6) is 34.5 Å². The zero-order chi connectivity index (χ0) is 36.5. The number of Topliss-reactive ketones (excluding diaryl/α,β-unsaturated/α-hetero) is 2. The van der Waals surface area contributed by atoms with E-state index in [-0.39, 0.29) is 70.0 Å². The van der Waals surface area contributed by atoms with Crippen LogP contribution in [0.2, 0.25) is 5.02 Å². The third-order valence-corrected chi connectivity index (χ3v) is 9.50. The van der Waals surface area contributed by atoms with Gasteiger partial charge in [0.25, 0.3) is 0 Å². The van der Waals surface area contributed by atoms with Crippen molar-refractivity contribution < 1.29 is 47.9 Å². The van der Waals surface area contributed by atoms with Crippen molar-refractivity contribution in [3.05, 3.63) is 50.4 Å². The minimum Gasteiger partial charge on any atom is -0.507 e. The highest BCUT2D eigenvalue weighted by atomic mass is 79.9. The van der Waals surface area contributed by atoms with Gasteiger partial charge in [0.15, 0.2) is 28.8 Å². The lowest BCUT2D eigenvalue weighted by atomic mass is 9.69. The number of hydrogen-bond donors (Lipinski definition) is 3. The van der Waals surface area contributed by atoms with Crippen LogP contribution in [-0.4, -0.2) is 91.6 Å². The fourth-order valence-electron chi connectivity index (χ4n) is 6.37. The van der Waals surface area contributed by atoms with Crippen molar-refractivity contribution in [1.29, 1.82) is 0 Å². The summed E-state index contributed by atoms with van der Waals surface area (Å²) in [5.74, 6) is -2.66. The van der Waals surface area contributed by atoms with Crippen molar-refractivity contribution in [2.45, 2.75) is 31.3 Å². The first-order valence-electron chi connectivity index (χ1n) is 15.4. The lowest BCUT2D eigenvalue weighted by Gasteiger charge is -2.38. The zero-order valence-electron chi connectivity index (χ0n) is 28.4. The van der Waals surface area contributed by atoms with Gasteiger partial charge in [-0.05, 0) is 33.6 Å². The Morgan fingerprint density at radius 2 is 1.70 bits per heavy atom. The standard InChI is InChI=1S/C33H37BrClN5O10/c1-15-10-18(41)24(29(43)33(15)30(44)25-19(45-3)14-20(46-4)26(35)28(25)50-33)17(16-11-21(47-5)27(49-7)22(12-16)48-6)13-23(42)36-8-9-37-32-38-31(34)39-40(32)2/h11-12,14-15,17,43H,8-10,13H2,1-7H3,(H,36,42)(H,37,38,39)/t15-,17?,33+/m1/s1. The number of anilines is 1. The number of methoxy groups -OCH3 is 5. The maximum Gasteiger partial charge on any atom is 0.231 e. The minimum absolute atomic E-state index is 0.00470. The number of aliphatic hydroxyl groups excluding tert-OH is 1. The number of ether oxygens (including phenoxy) is 6. The fraction of sp³-hybridized carbons (Fsp3) is 0.424. The number of amides is 1. The van der Waals surface area contributed by atoms with Gasteiger partial charge in [-0.2, -0.15) is 4.98 Å². The maximum atomic E-state index is 14.4. The van der Waals surface area contributed by atoms with Crippen molar-refractivity contribution in [2.75, 3.05) is 54.0 Å². The smallest absolute Gasteiger partial charge is 0.231 e. The summed E-state index contributed by atoms with van der Waals surface area (Å²) < 4.78 is 35.7. The highest BCUT2D eigenvalue weighted by Gasteiger charge is 2.61. The number of hydrogen-bond acceptors (Lipinski definition) is 13. The molecule has 0 fully saturated rings. The van der Waals surface area contributed by atoms with Gasteiger partial charge in [0, 0.05) is 56.5 Å². The van der Waals surface area contributed by atoms with Crippen LogP contribution in [0.4, 0.5) is 5.95 Å². The first-order chi connectivity index (χ1) is 23.9. The number of allylic oxidation sites excluding steroid dienone is 1. The number of nitrogens with zero attached hydrogens (tertiary/aromatic N) is 3. The molecule has 1 aromatic heterocycles. The molecule has 1 aliphatic heterocycles. The highest BCUT2D eigenvalue weighted by Crippen LogP contribution is 2.56. The third kappa shape index (κ3) is 6.25. The number of aromatic nitrogens is 3. The number of aryl methyl sites for hydroxylation is 1. The Balaban J connectivity index is 1.59. The van der Waals surface area contributed by atoms with Gasteiger partial charge >= 0.3 is 0 Å². The summed E-state index contributed by atoms with van der Waals surface area (Å²) in [4.78, 5) is 46.2. The number of nitrogens with one attached hydrogen (secondary N) is 2. The lowest BCUT2D eigenvalue weighted by Crippen LogP contribution is -2.53. The first kappa shape index (κ1) is 36.6. The number of carbonyl (C=O) groups is 3. The summed E-state index contributed by atoms with van der Waals surface area (Å²) in [6.07, 6.45) is -0.515. The lowest BCUT2D eigenvalue weighted by molar-refractivity contribution is -0.121. The van der Waals surface area contributed by atoms with E-state index in [9.17, 15) is 19.5 Å². The van der Waals surface area contributed by atoms with Gasteiger partial charge in [0.2, 0.25) is 33.7 Å². The number of halogens is 2. The molecule has 0 bridgehead atoms. The van der Waals surface area contributed by atoms with E-state index >= 15 is 0 Å². The Kier molecular flexibility index (Phi) is 10.7. The molecule has 1 aliphatic carbocycles. The molecule has 15 nitrogen and oxygen atoms in total. The molecule has 3 atom stereocenters. The maximum absolute atomic E-state index is 14.4. The third-order valence-electron chi connectivity index (χ3n) is 8.81. The number of carbonyl (C=O) groups excluding carboxylic acids is 3. The first-order valence-corrected chi connectivity index (χ1v) is 16.6. The molecule has 1 spiro atoms. The van der Waals surface area contributed by atoms with Crippen molar-refractivity contribution in [3.8, 4) is 34.5 Å². The van der Waals surface area contributed by atoms with E-state index in [1.54, 1.807) is 26.1 Å². The summed E-state index contributed by atoms with van der Waals surface area (Å²) in [6, 6.07) is 4.62. The summed E-state index contributed by atoms with van der Waals surface area (Å²) >= 11 is 9.83. The van der Waals surface area contributed by atoms with Crippen LogP contribution in [0.1, 0.15) is 41.6 Å². The van der Waals surface area contributed by atoms with Crippen LogP contribution in [0.3, 0.4) is 0 Å². The topological polar surface area (TPSA) is 182 Å². The Hall–Kier alpha value is -4.70. The fourth-order valence-corrected chi connectivity index (χ4v) is 7.04. The molecule has 2 heterocycles. The van der Waals surface area contributed by atoms with Gasteiger partial charge in [-0.3, -0.25) is 14.4 Å². The molecule has 2 aliphatic rings. The monoisotopic (exact) mass is 777 g/mol. The minimum atomic E-state index is -2.06. The number of ketones is 2. The number of fused-ring (bicyclic) bond motifs is 1. The number of aliphatic hydroxyl groups is 1. The molecular weight excluding hydrogens is 742 g/mol. The van der Waals surface area contributed by atoms with Crippen LogP contribution in [-0.2, 0) is 16.6 Å². The number of benzene rings is 2. The molecule has 0 saturated carbocycles.